The number of sulfonamides is 1. The lowest BCUT2D eigenvalue weighted by atomic mass is 9.96. The summed E-state index contributed by atoms with van der Waals surface area (Å²) in [5.74, 6) is 0.560. The molecule has 1 saturated carbocycles. The first kappa shape index (κ1) is 16.5. The lowest BCUT2D eigenvalue weighted by molar-refractivity contribution is 0.416. The molecule has 0 saturated heterocycles. The molecule has 0 spiro atoms. The van der Waals surface area contributed by atoms with E-state index in [2.05, 4.69) is 4.72 Å². The largest absolute Gasteiger partial charge is 0.399 e. The topological polar surface area (TPSA) is 89.3 Å². The standard InChI is InChI=1S/C14H22N2O3S2/c1-2-20(17)14-6-4-3-5-13(14)16-21(18,19)12-9-7-11(15)8-10-12/h7-10,13-14,16H,2-6,15H2,1H3/t13-,14+,20+/m1/s1. The number of rotatable bonds is 5. The minimum atomic E-state index is -3.59. The summed E-state index contributed by atoms with van der Waals surface area (Å²) in [6.45, 7) is 1.87. The molecule has 1 fully saturated rings. The molecule has 0 aliphatic heterocycles. The van der Waals surface area contributed by atoms with E-state index < -0.39 is 20.8 Å². The van der Waals surface area contributed by atoms with Crippen LogP contribution < -0.4 is 10.5 Å². The van der Waals surface area contributed by atoms with E-state index >= 15 is 0 Å². The van der Waals surface area contributed by atoms with Crippen molar-refractivity contribution in [3.63, 3.8) is 0 Å². The number of nitrogen functional groups attached to an aromatic ring is 1. The van der Waals surface area contributed by atoms with Gasteiger partial charge in [-0.2, -0.15) is 0 Å². The van der Waals surface area contributed by atoms with E-state index in [1.54, 1.807) is 12.1 Å². The van der Waals surface area contributed by atoms with E-state index in [9.17, 15) is 12.6 Å². The summed E-state index contributed by atoms with van der Waals surface area (Å²) in [5, 5.41) is -0.0905. The van der Waals surface area contributed by atoms with E-state index in [1.807, 2.05) is 6.92 Å². The molecule has 1 aromatic carbocycles. The zero-order valence-corrected chi connectivity index (χ0v) is 13.8. The van der Waals surface area contributed by atoms with Gasteiger partial charge in [-0.15, -0.1) is 0 Å². The van der Waals surface area contributed by atoms with Crippen molar-refractivity contribution in [3.8, 4) is 0 Å². The number of nitrogens with one attached hydrogen (secondary N) is 1. The van der Waals surface area contributed by atoms with Crippen molar-refractivity contribution in [2.45, 2.75) is 48.8 Å². The van der Waals surface area contributed by atoms with Crippen molar-refractivity contribution >= 4 is 26.5 Å². The highest BCUT2D eigenvalue weighted by Crippen LogP contribution is 2.25. The molecule has 0 aromatic heterocycles. The molecule has 118 valence electrons. The van der Waals surface area contributed by atoms with Crippen LogP contribution in [-0.4, -0.2) is 29.7 Å². The zero-order chi connectivity index (χ0) is 15.5. The van der Waals surface area contributed by atoms with E-state index in [-0.39, 0.29) is 16.2 Å². The molecule has 1 aliphatic carbocycles. The molecule has 2 rings (SSSR count). The maximum absolute atomic E-state index is 12.4. The van der Waals surface area contributed by atoms with E-state index in [1.165, 1.54) is 12.1 Å². The van der Waals surface area contributed by atoms with Gasteiger partial charge in [-0.3, -0.25) is 4.21 Å². The Labute approximate surface area is 128 Å². The second-order valence-electron chi connectivity index (χ2n) is 5.29. The van der Waals surface area contributed by atoms with Gasteiger partial charge in [-0.25, -0.2) is 13.1 Å². The average molecular weight is 330 g/mol. The van der Waals surface area contributed by atoms with Crippen molar-refractivity contribution < 1.29 is 12.6 Å². The fourth-order valence-corrected chi connectivity index (χ4v) is 5.50. The summed E-state index contributed by atoms with van der Waals surface area (Å²) < 4.78 is 39.7. The number of anilines is 1. The number of nitrogens with two attached hydrogens (primary N) is 1. The minimum Gasteiger partial charge on any atom is -0.399 e. The van der Waals surface area contributed by atoms with Gasteiger partial charge >= 0.3 is 0 Å². The Morgan fingerprint density at radius 3 is 2.48 bits per heavy atom. The molecule has 1 aliphatic rings. The van der Waals surface area contributed by atoms with Crippen LogP contribution in [0, 0.1) is 0 Å². The van der Waals surface area contributed by atoms with Crippen molar-refractivity contribution in [1.29, 1.82) is 0 Å². The lowest BCUT2D eigenvalue weighted by Gasteiger charge is -2.31. The maximum atomic E-state index is 12.4. The molecule has 0 heterocycles. The first-order valence-electron chi connectivity index (χ1n) is 7.19. The van der Waals surface area contributed by atoms with Crippen LogP contribution >= 0.6 is 0 Å². The highest BCUT2D eigenvalue weighted by atomic mass is 32.2. The average Bonchev–Trinajstić information content (AvgIpc) is 2.47. The fourth-order valence-electron chi connectivity index (χ4n) is 2.67. The summed E-state index contributed by atoms with van der Waals surface area (Å²) in [5.41, 5.74) is 6.10. The predicted molar refractivity (Wildman–Crippen MR) is 85.9 cm³/mol. The van der Waals surface area contributed by atoms with E-state index in [4.69, 9.17) is 5.73 Å². The van der Waals surface area contributed by atoms with Crippen LogP contribution in [0.3, 0.4) is 0 Å². The van der Waals surface area contributed by atoms with Crippen LogP contribution in [0.15, 0.2) is 29.2 Å². The second kappa shape index (κ2) is 6.89. The molecule has 1 aromatic rings. The fraction of sp³-hybridized carbons (Fsp3) is 0.571. The van der Waals surface area contributed by atoms with Crippen molar-refractivity contribution in [2.75, 3.05) is 11.5 Å². The summed E-state index contributed by atoms with van der Waals surface area (Å²) in [4.78, 5) is 0.198. The second-order valence-corrected chi connectivity index (χ2v) is 8.95. The molecule has 0 amide bonds. The molecule has 3 N–H and O–H groups in total. The molecule has 5 nitrogen and oxygen atoms in total. The first-order valence-corrected chi connectivity index (χ1v) is 10.1. The van der Waals surface area contributed by atoms with Crippen LogP contribution in [0.2, 0.25) is 0 Å². The number of hydrogen-bond acceptors (Lipinski definition) is 4. The Morgan fingerprint density at radius 1 is 1.24 bits per heavy atom. The Balaban J connectivity index is 2.17. The molecule has 0 unspecified atom stereocenters. The van der Waals surface area contributed by atoms with Crippen LogP contribution in [0.5, 0.6) is 0 Å². The van der Waals surface area contributed by atoms with Gasteiger partial charge in [0.25, 0.3) is 0 Å². The SMILES string of the molecule is CC[S@](=O)[C@H]1CCCC[C@H]1NS(=O)(=O)c1ccc(N)cc1. The highest BCUT2D eigenvalue weighted by Gasteiger charge is 2.32. The molecule has 7 heteroatoms. The monoisotopic (exact) mass is 330 g/mol. The number of hydrogen-bond donors (Lipinski definition) is 2. The van der Waals surface area contributed by atoms with Crippen LogP contribution in [0.25, 0.3) is 0 Å². The first-order chi connectivity index (χ1) is 9.94. The van der Waals surface area contributed by atoms with E-state index in [0.717, 1.165) is 25.7 Å². The molecule has 0 bridgehead atoms. The van der Waals surface area contributed by atoms with Gasteiger partial charge in [0.2, 0.25) is 10.0 Å². The van der Waals surface area contributed by atoms with Crippen LogP contribution in [0.1, 0.15) is 32.6 Å². The van der Waals surface area contributed by atoms with Gasteiger partial charge in [-0.05, 0) is 37.1 Å². The number of benzene rings is 1. The van der Waals surface area contributed by atoms with Gasteiger partial charge in [0.1, 0.15) is 0 Å². The Morgan fingerprint density at radius 2 is 1.86 bits per heavy atom. The van der Waals surface area contributed by atoms with Gasteiger partial charge < -0.3 is 5.73 Å². The Hall–Kier alpha value is -0.920. The van der Waals surface area contributed by atoms with Crippen molar-refractivity contribution in [2.24, 2.45) is 0 Å². The molecular formula is C14H22N2O3S2. The van der Waals surface area contributed by atoms with Crippen molar-refractivity contribution in [1.82, 2.24) is 4.72 Å². The molecule has 3 atom stereocenters. The molecule has 0 radical (unpaired) electrons. The van der Waals surface area contributed by atoms with Gasteiger partial charge in [-0.1, -0.05) is 19.8 Å². The third-order valence-electron chi connectivity index (χ3n) is 3.82. The normalized spacial score (nSPS) is 24.6. The molecular weight excluding hydrogens is 308 g/mol. The third kappa shape index (κ3) is 4.05. The lowest BCUT2D eigenvalue weighted by Crippen LogP contribution is -2.47. The maximum Gasteiger partial charge on any atom is 0.240 e. The zero-order valence-electron chi connectivity index (χ0n) is 12.1. The smallest absolute Gasteiger partial charge is 0.240 e. The summed E-state index contributed by atoms with van der Waals surface area (Å²) in [6.07, 6.45) is 3.53. The van der Waals surface area contributed by atoms with Crippen LogP contribution in [0.4, 0.5) is 5.69 Å². The summed E-state index contributed by atoms with van der Waals surface area (Å²) in [7, 11) is -4.58. The van der Waals surface area contributed by atoms with Gasteiger partial charge in [0, 0.05) is 28.3 Å². The highest BCUT2D eigenvalue weighted by molar-refractivity contribution is 7.89. The van der Waals surface area contributed by atoms with Gasteiger partial charge in [0.15, 0.2) is 0 Å². The minimum absolute atomic E-state index is 0.0905. The molecule has 21 heavy (non-hydrogen) atoms. The summed E-state index contributed by atoms with van der Waals surface area (Å²) in [6, 6.07) is 5.87. The Bertz CT molecular complexity index is 599. The van der Waals surface area contributed by atoms with Crippen LogP contribution in [-0.2, 0) is 20.8 Å². The third-order valence-corrected chi connectivity index (χ3v) is 7.14. The van der Waals surface area contributed by atoms with Gasteiger partial charge in [0.05, 0.1) is 10.1 Å². The predicted octanol–water partition coefficient (Wildman–Crippen LogP) is 1.63. The van der Waals surface area contributed by atoms with Crippen molar-refractivity contribution in [3.05, 3.63) is 24.3 Å². The quantitative estimate of drug-likeness (QED) is 0.803. The Kier molecular flexibility index (Phi) is 5.40. The van der Waals surface area contributed by atoms with E-state index in [0.29, 0.717) is 11.4 Å². The summed E-state index contributed by atoms with van der Waals surface area (Å²) >= 11 is 0.